The number of hydrogen-bond acceptors (Lipinski definition) is 3. The van der Waals surface area contributed by atoms with Crippen molar-refractivity contribution in [1.29, 1.82) is 0 Å². The molecular formula is C14H11Cl2NO3. The number of benzene rings is 1. The number of carboxylic acid groups (broad SMARTS) is 1. The molecule has 1 heterocycles. The van der Waals surface area contributed by atoms with Crippen molar-refractivity contribution in [2.75, 3.05) is 6.61 Å². The average Bonchev–Trinajstić information content (AvgIpc) is 2.42. The largest absolute Gasteiger partial charge is 0.477 e. The Kier molecular flexibility index (Phi) is 4.82. The molecule has 2 aromatic rings. The highest BCUT2D eigenvalue weighted by atomic mass is 35.5. The maximum absolute atomic E-state index is 11.1. The number of pyridine rings is 1. The lowest BCUT2D eigenvalue weighted by atomic mass is 10.2. The van der Waals surface area contributed by atoms with Gasteiger partial charge in [-0.05, 0) is 23.8 Å². The Morgan fingerprint density at radius 3 is 2.55 bits per heavy atom. The summed E-state index contributed by atoms with van der Waals surface area (Å²) in [6.45, 7) is 0.316. The lowest BCUT2D eigenvalue weighted by Crippen LogP contribution is -2.08. The summed E-state index contributed by atoms with van der Waals surface area (Å²) in [5, 5.41) is 9.97. The fraction of sp³-hybridized carbons (Fsp3) is 0.143. The number of halogens is 2. The number of ether oxygens (including phenoxy) is 1. The van der Waals surface area contributed by atoms with Crippen molar-refractivity contribution in [3.63, 3.8) is 0 Å². The molecule has 0 aliphatic heterocycles. The summed E-state index contributed by atoms with van der Waals surface area (Å²) < 4.78 is 5.40. The van der Waals surface area contributed by atoms with Crippen molar-refractivity contribution < 1.29 is 14.6 Å². The Bertz CT molecular complexity index is 614. The van der Waals surface area contributed by atoms with Crippen LogP contribution in [0.2, 0.25) is 10.0 Å². The van der Waals surface area contributed by atoms with Crippen LogP contribution in [0.5, 0.6) is 5.88 Å². The minimum atomic E-state index is -1.12. The topological polar surface area (TPSA) is 59.4 Å². The first-order chi connectivity index (χ1) is 9.56. The molecule has 0 aliphatic carbocycles. The van der Waals surface area contributed by atoms with Crippen molar-refractivity contribution in [3.8, 4) is 5.88 Å². The Morgan fingerprint density at radius 1 is 1.20 bits per heavy atom. The van der Waals surface area contributed by atoms with Gasteiger partial charge in [0.25, 0.3) is 0 Å². The highest BCUT2D eigenvalue weighted by molar-refractivity contribution is 6.31. The van der Waals surface area contributed by atoms with Crippen molar-refractivity contribution >= 4 is 29.2 Å². The first kappa shape index (κ1) is 14.6. The second-order valence-corrected chi connectivity index (χ2v) is 4.91. The van der Waals surface area contributed by atoms with Gasteiger partial charge in [0.1, 0.15) is 5.56 Å². The second kappa shape index (κ2) is 6.59. The number of aromatic carboxylic acids is 1. The van der Waals surface area contributed by atoms with Gasteiger partial charge in [-0.25, -0.2) is 9.78 Å². The SMILES string of the molecule is O=C(O)c1cc(Cl)cnc1OCCc1ccc(Cl)cc1. The van der Waals surface area contributed by atoms with Gasteiger partial charge in [-0.3, -0.25) is 0 Å². The molecule has 0 saturated heterocycles. The Morgan fingerprint density at radius 2 is 1.90 bits per heavy atom. The highest BCUT2D eigenvalue weighted by Gasteiger charge is 2.13. The number of nitrogens with zero attached hydrogens (tertiary/aromatic N) is 1. The van der Waals surface area contributed by atoms with Crippen molar-refractivity contribution in [2.45, 2.75) is 6.42 Å². The minimum absolute atomic E-state index is 0.0476. The van der Waals surface area contributed by atoms with E-state index >= 15 is 0 Å². The molecule has 0 fully saturated rings. The van der Waals surface area contributed by atoms with Crippen LogP contribution in [-0.2, 0) is 6.42 Å². The van der Waals surface area contributed by atoms with E-state index in [0.717, 1.165) is 5.56 Å². The van der Waals surface area contributed by atoms with E-state index in [0.29, 0.717) is 18.1 Å². The minimum Gasteiger partial charge on any atom is -0.477 e. The van der Waals surface area contributed by atoms with Crippen molar-refractivity contribution in [1.82, 2.24) is 4.98 Å². The van der Waals surface area contributed by atoms with Crippen LogP contribution < -0.4 is 4.74 Å². The smallest absolute Gasteiger partial charge is 0.341 e. The van der Waals surface area contributed by atoms with Crippen LogP contribution >= 0.6 is 23.2 Å². The Hall–Kier alpha value is -1.78. The molecule has 0 unspecified atom stereocenters. The lowest BCUT2D eigenvalue weighted by molar-refractivity contribution is 0.0691. The fourth-order valence-electron chi connectivity index (χ4n) is 1.61. The zero-order valence-corrected chi connectivity index (χ0v) is 11.9. The molecule has 104 valence electrons. The first-order valence-corrected chi connectivity index (χ1v) is 6.58. The van der Waals surface area contributed by atoms with Crippen LogP contribution in [0.15, 0.2) is 36.5 Å². The average molecular weight is 312 g/mol. The third-order valence-electron chi connectivity index (χ3n) is 2.59. The van der Waals surface area contributed by atoms with Gasteiger partial charge in [0, 0.05) is 17.6 Å². The molecule has 1 N–H and O–H groups in total. The Labute approximate surface area is 125 Å². The van der Waals surface area contributed by atoms with Crippen molar-refractivity contribution in [2.24, 2.45) is 0 Å². The number of hydrogen-bond donors (Lipinski definition) is 1. The normalized spacial score (nSPS) is 10.3. The molecular weight excluding hydrogens is 301 g/mol. The Balaban J connectivity index is 2.00. The number of aromatic nitrogens is 1. The number of carbonyl (C=O) groups is 1. The maximum atomic E-state index is 11.1. The van der Waals surface area contributed by atoms with Gasteiger partial charge in [0.05, 0.1) is 11.6 Å². The molecule has 4 nitrogen and oxygen atoms in total. The highest BCUT2D eigenvalue weighted by Crippen LogP contribution is 2.20. The maximum Gasteiger partial charge on any atom is 0.341 e. The molecule has 0 radical (unpaired) electrons. The summed E-state index contributed by atoms with van der Waals surface area (Å²) >= 11 is 11.5. The molecule has 0 atom stereocenters. The van der Waals surface area contributed by atoms with Gasteiger partial charge in [0.2, 0.25) is 5.88 Å². The van der Waals surface area contributed by atoms with Gasteiger partial charge >= 0.3 is 5.97 Å². The zero-order valence-electron chi connectivity index (χ0n) is 10.3. The molecule has 0 saturated carbocycles. The molecule has 6 heteroatoms. The fourth-order valence-corrected chi connectivity index (χ4v) is 1.90. The van der Waals surface area contributed by atoms with Crippen LogP contribution in [0.1, 0.15) is 15.9 Å². The van der Waals surface area contributed by atoms with Gasteiger partial charge < -0.3 is 9.84 Å². The summed E-state index contributed by atoms with van der Waals surface area (Å²) in [6.07, 6.45) is 1.98. The summed E-state index contributed by atoms with van der Waals surface area (Å²) in [6, 6.07) is 8.67. The van der Waals surface area contributed by atoms with Crippen molar-refractivity contribution in [3.05, 3.63) is 57.7 Å². The van der Waals surface area contributed by atoms with E-state index in [9.17, 15) is 4.79 Å². The molecule has 20 heavy (non-hydrogen) atoms. The summed E-state index contributed by atoms with van der Waals surface area (Å²) in [5.74, 6) is -1.06. The van der Waals surface area contributed by atoms with E-state index in [4.69, 9.17) is 33.0 Å². The van der Waals surface area contributed by atoms with Gasteiger partial charge in [-0.1, -0.05) is 35.3 Å². The predicted octanol–water partition coefficient (Wildman–Crippen LogP) is 3.71. The van der Waals surface area contributed by atoms with E-state index in [-0.39, 0.29) is 16.5 Å². The van der Waals surface area contributed by atoms with E-state index in [1.54, 1.807) is 12.1 Å². The summed E-state index contributed by atoms with van der Waals surface area (Å²) in [4.78, 5) is 14.9. The monoisotopic (exact) mass is 311 g/mol. The lowest BCUT2D eigenvalue weighted by Gasteiger charge is -2.08. The van der Waals surface area contributed by atoms with E-state index in [2.05, 4.69) is 4.98 Å². The first-order valence-electron chi connectivity index (χ1n) is 5.82. The molecule has 0 amide bonds. The summed E-state index contributed by atoms with van der Waals surface area (Å²) in [5.41, 5.74) is 0.994. The third kappa shape index (κ3) is 3.85. The van der Waals surface area contributed by atoms with Crippen LogP contribution in [0.4, 0.5) is 0 Å². The van der Waals surface area contributed by atoms with E-state index in [1.165, 1.54) is 12.3 Å². The van der Waals surface area contributed by atoms with E-state index in [1.807, 2.05) is 12.1 Å². The molecule has 2 rings (SSSR count). The molecule has 0 aliphatic rings. The van der Waals surface area contributed by atoms with Gasteiger partial charge in [-0.2, -0.15) is 0 Å². The third-order valence-corrected chi connectivity index (χ3v) is 3.05. The number of carboxylic acids is 1. The molecule has 0 bridgehead atoms. The summed E-state index contributed by atoms with van der Waals surface area (Å²) in [7, 11) is 0. The van der Waals surface area contributed by atoms with Gasteiger partial charge in [-0.15, -0.1) is 0 Å². The zero-order chi connectivity index (χ0) is 14.5. The molecule has 0 spiro atoms. The quantitative estimate of drug-likeness (QED) is 0.914. The molecule has 1 aromatic heterocycles. The van der Waals surface area contributed by atoms with Crippen LogP contribution in [0.25, 0.3) is 0 Å². The van der Waals surface area contributed by atoms with Crippen LogP contribution in [0, 0.1) is 0 Å². The number of rotatable bonds is 5. The standard InChI is InChI=1S/C14H11Cl2NO3/c15-10-3-1-9(2-4-10)5-6-20-13-12(14(18)19)7-11(16)8-17-13/h1-4,7-8H,5-6H2,(H,18,19). The molecule has 1 aromatic carbocycles. The van der Waals surface area contributed by atoms with Crippen LogP contribution in [0.3, 0.4) is 0 Å². The predicted molar refractivity (Wildman–Crippen MR) is 76.9 cm³/mol. The van der Waals surface area contributed by atoms with Crippen LogP contribution in [-0.4, -0.2) is 22.7 Å². The second-order valence-electron chi connectivity index (χ2n) is 4.04. The van der Waals surface area contributed by atoms with Gasteiger partial charge in [0.15, 0.2) is 0 Å². The van der Waals surface area contributed by atoms with E-state index < -0.39 is 5.97 Å².